The minimum absolute atomic E-state index is 0.00815. The number of ether oxygens (including phenoxy) is 1. The van der Waals surface area contributed by atoms with Crippen LogP contribution in [-0.2, 0) is 9.53 Å². The molecule has 0 atom stereocenters. The Morgan fingerprint density at radius 1 is 1.50 bits per heavy atom. The lowest BCUT2D eigenvalue weighted by Gasteiger charge is -2.34. The summed E-state index contributed by atoms with van der Waals surface area (Å²) in [7, 11) is 1.66. The zero-order valence-corrected chi connectivity index (χ0v) is 12.5. The minimum atomic E-state index is -0.885. The van der Waals surface area contributed by atoms with Gasteiger partial charge in [-0.1, -0.05) is 6.08 Å². The van der Waals surface area contributed by atoms with E-state index in [0.29, 0.717) is 19.7 Å². The fourth-order valence-corrected chi connectivity index (χ4v) is 2.17. The number of carboxylic acids is 1. The molecule has 0 saturated carbocycles. The minimum Gasteiger partial charge on any atom is -0.481 e. The highest BCUT2D eigenvalue weighted by molar-refractivity contribution is 5.76. The second-order valence-electron chi connectivity index (χ2n) is 5.20. The zero-order valence-electron chi connectivity index (χ0n) is 12.5. The van der Waals surface area contributed by atoms with Crippen LogP contribution in [0.1, 0.15) is 26.7 Å². The van der Waals surface area contributed by atoms with E-state index in [1.807, 2.05) is 19.9 Å². The molecule has 0 aromatic heterocycles. The van der Waals surface area contributed by atoms with Crippen LogP contribution in [0.5, 0.6) is 0 Å². The van der Waals surface area contributed by atoms with Gasteiger partial charge in [0.15, 0.2) is 0 Å². The molecule has 114 valence electrons. The number of carbonyl (C=O) groups is 2. The first-order valence-electron chi connectivity index (χ1n) is 6.90. The van der Waals surface area contributed by atoms with Crippen molar-refractivity contribution < 1.29 is 19.4 Å². The molecule has 0 spiro atoms. The third-order valence-corrected chi connectivity index (χ3v) is 3.34. The van der Waals surface area contributed by atoms with Crippen LogP contribution in [0.3, 0.4) is 0 Å². The van der Waals surface area contributed by atoms with Crippen molar-refractivity contribution in [1.82, 2.24) is 9.80 Å². The number of methoxy groups -OCH3 is 1. The molecular weight excluding hydrogens is 260 g/mol. The highest BCUT2D eigenvalue weighted by Crippen LogP contribution is 2.14. The Morgan fingerprint density at radius 2 is 2.20 bits per heavy atom. The standard InChI is InChI=1S/C14H24N2O4/c1-11(2)16(9-6-13(17)18)14(19)15-7-4-12(5-8-15)10-20-3/h4,11H,5-10H2,1-3H3,(H,17,18). The van der Waals surface area contributed by atoms with Crippen molar-refractivity contribution in [1.29, 1.82) is 0 Å². The predicted octanol–water partition coefficient (Wildman–Crippen LogP) is 1.57. The zero-order chi connectivity index (χ0) is 15.1. The van der Waals surface area contributed by atoms with Gasteiger partial charge in [0.05, 0.1) is 13.0 Å². The molecule has 0 unspecified atom stereocenters. The molecule has 0 saturated heterocycles. The number of nitrogens with zero attached hydrogens (tertiary/aromatic N) is 2. The number of carboxylic acid groups (broad SMARTS) is 1. The summed E-state index contributed by atoms with van der Waals surface area (Å²) in [4.78, 5) is 26.4. The highest BCUT2D eigenvalue weighted by atomic mass is 16.5. The Hall–Kier alpha value is -1.56. The third-order valence-electron chi connectivity index (χ3n) is 3.34. The molecule has 0 fully saturated rings. The molecule has 6 nitrogen and oxygen atoms in total. The lowest BCUT2D eigenvalue weighted by Crippen LogP contribution is -2.48. The number of aliphatic carboxylic acids is 1. The van der Waals surface area contributed by atoms with Crippen molar-refractivity contribution in [3.05, 3.63) is 11.6 Å². The van der Waals surface area contributed by atoms with E-state index in [0.717, 1.165) is 6.42 Å². The molecule has 1 N–H and O–H groups in total. The van der Waals surface area contributed by atoms with E-state index >= 15 is 0 Å². The smallest absolute Gasteiger partial charge is 0.320 e. The van der Waals surface area contributed by atoms with Crippen LogP contribution in [0.25, 0.3) is 0 Å². The van der Waals surface area contributed by atoms with Crippen molar-refractivity contribution in [2.45, 2.75) is 32.7 Å². The summed E-state index contributed by atoms with van der Waals surface area (Å²) in [5.41, 5.74) is 1.21. The lowest BCUT2D eigenvalue weighted by molar-refractivity contribution is -0.137. The monoisotopic (exact) mass is 284 g/mol. The van der Waals surface area contributed by atoms with Gasteiger partial charge in [0.25, 0.3) is 0 Å². The van der Waals surface area contributed by atoms with Crippen molar-refractivity contribution in [3.63, 3.8) is 0 Å². The van der Waals surface area contributed by atoms with Gasteiger partial charge in [0.2, 0.25) is 0 Å². The maximum Gasteiger partial charge on any atom is 0.320 e. The molecular formula is C14H24N2O4. The highest BCUT2D eigenvalue weighted by Gasteiger charge is 2.24. The van der Waals surface area contributed by atoms with E-state index in [1.54, 1.807) is 16.9 Å². The summed E-state index contributed by atoms with van der Waals surface area (Å²) in [6, 6.07) is -0.0971. The van der Waals surface area contributed by atoms with Crippen molar-refractivity contribution in [3.8, 4) is 0 Å². The summed E-state index contributed by atoms with van der Waals surface area (Å²) in [6.07, 6.45) is 2.80. The number of hydrogen-bond donors (Lipinski definition) is 1. The Morgan fingerprint density at radius 3 is 2.65 bits per heavy atom. The molecule has 0 aliphatic carbocycles. The molecule has 1 rings (SSSR count). The summed E-state index contributed by atoms with van der Waals surface area (Å²) in [5.74, 6) is -0.885. The first-order chi connectivity index (χ1) is 9.45. The van der Waals surface area contributed by atoms with Gasteiger partial charge in [-0.15, -0.1) is 0 Å². The van der Waals surface area contributed by atoms with Crippen molar-refractivity contribution in [2.75, 3.05) is 33.4 Å². The van der Waals surface area contributed by atoms with Gasteiger partial charge in [-0.3, -0.25) is 4.79 Å². The van der Waals surface area contributed by atoms with E-state index in [1.165, 1.54) is 5.57 Å². The molecule has 1 aliphatic rings. The average Bonchev–Trinajstić information content (AvgIpc) is 2.39. The number of rotatable bonds is 6. The third kappa shape index (κ3) is 4.85. The van der Waals surface area contributed by atoms with E-state index in [-0.39, 0.29) is 25.0 Å². The maximum absolute atomic E-state index is 12.4. The summed E-state index contributed by atoms with van der Waals surface area (Å²) in [5, 5.41) is 8.76. The van der Waals surface area contributed by atoms with Crippen molar-refractivity contribution in [2.24, 2.45) is 0 Å². The Balaban J connectivity index is 2.60. The largest absolute Gasteiger partial charge is 0.481 e. The second-order valence-corrected chi connectivity index (χ2v) is 5.20. The van der Waals surface area contributed by atoms with Crippen LogP contribution in [0.15, 0.2) is 11.6 Å². The van der Waals surface area contributed by atoms with Crippen LogP contribution in [-0.4, -0.2) is 66.3 Å². The molecule has 6 heteroatoms. The van der Waals surface area contributed by atoms with Gasteiger partial charge >= 0.3 is 12.0 Å². The fraction of sp³-hybridized carbons (Fsp3) is 0.714. The second kappa shape index (κ2) is 7.89. The Labute approximate surface area is 120 Å². The number of carbonyl (C=O) groups excluding carboxylic acids is 1. The van der Waals surface area contributed by atoms with Gasteiger partial charge in [0, 0.05) is 32.8 Å². The van der Waals surface area contributed by atoms with E-state index in [9.17, 15) is 9.59 Å². The molecule has 0 aromatic rings. The van der Waals surface area contributed by atoms with Crippen LogP contribution in [0, 0.1) is 0 Å². The Bertz CT molecular complexity index is 379. The maximum atomic E-state index is 12.4. The van der Waals surface area contributed by atoms with Gasteiger partial charge < -0.3 is 19.6 Å². The molecule has 1 heterocycles. The Kier molecular flexibility index (Phi) is 6.51. The molecule has 20 heavy (non-hydrogen) atoms. The molecule has 2 amide bonds. The van der Waals surface area contributed by atoms with Gasteiger partial charge in [-0.25, -0.2) is 4.79 Å². The summed E-state index contributed by atoms with van der Waals surface area (Å²) >= 11 is 0. The molecule has 0 aromatic carbocycles. The van der Waals surface area contributed by atoms with Crippen LogP contribution in [0.2, 0.25) is 0 Å². The first-order valence-corrected chi connectivity index (χ1v) is 6.90. The average molecular weight is 284 g/mol. The number of urea groups is 1. The summed E-state index contributed by atoms with van der Waals surface area (Å²) in [6.45, 7) is 5.87. The number of amides is 2. The quantitative estimate of drug-likeness (QED) is 0.752. The van der Waals surface area contributed by atoms with Gasteiger partial charge in [-0.05, 0) is 25.8 Å². The molecule has 0 bridgehead atoms. The lowest BCUT2D eigenvalue weighted by atomic mass is 10.1. The van der Waals surface area contributed by atoms with Crippen LogP contribution >= 0.6 is 0 Å². The first kappa shape index (κ1) is 16.5. The van der Waals surface area contributed by atoms with Crippen LogP contribution in [0.4, 0.5) is 4.79 Å². The van der Waals surface area contributed by atoms with Gasteiger partial charge in [0.1, 0.15) is 0 Å². The van der Waals surface area contributed by atoms with E-state index in [4.69, 9.17) is 9.84 Å². The van der Waals surface area contributed by atoms with Gasteiger partial charge in [-0.2, -0.15) is 0 Å². The molecule has 1 aliphatic heterocycles. The van der Waals surface area contributed by atoms with E-state index in [2.05, 4.69) is 0 Å². The molecule has 0 radical (unpaired) electrons. The van der Waals surface area contributed by atoms with Crippen molar-refractivity contribution >= 4 is 12.0 Å². The SMILES string of the molecule is COCC1=CCN(C(=O)N(CCC(=O)O)C(C)C)CC1. The number of hydrogen-bond acceptors (Lipinski definition) is 3. The predicted molar refractivity (Wildman–Crippen MR) is 75.6 cm³/mol. The summed E-state index contributed by atoms with van der Waals surface area (Å²) < 4.78 is 5.08. The topological polar surface area (TPSA) is 70.1 Å². The van der Waals surface area contributed by atoms with Crippen LogP contribution < -0.4 is 0 Å². The fourth-order valence-electron chi connectivity index (χ4n) is 2.17. The van der Waals surface area contributed by atoms with E-state index < -0.39 is 5.97 Å². The normalized spacial score (nSPS) is 15.2.